The lowest BCUT2D eigenvalue weighted by Crippen LogP contribution is -2.29. The molecule has 4 bridgehead atoms. The second-order valence-corrected chi connectivity index (χ2v) is 9.42. The molecule has 3 heterocycles. The van der Waals surface area contributed by atoms with Gasteiger partial charge in [0, 0.05) is 18.7 Å². The molecule has 0 spiro atoms. The van der Waals surface area contributed by atoms with Crippen molar-refractivity contribution in [3.05, 3.63) is 60.2 Å². The Morgan fingerprint density at radius 2 is 1.83 bits per heavy atom. The van der Waals surface area contributed by atoms with Crippen LogP contribution in [0, 0.1) is 0 Å². The van der Waals surface area contributed by atoms with Crippen LogP contribution in [-0.2, 0) is 16.2 Å². The molecule has 0 aliphatic carbocycles. The van der Waals surface area contributed by atoms with E-state index in [2.05, 4.69) is 14.7 Å². The van der Waals surface area contributed by atoms with Crippen LogP contribution in [0.25, 0.3) is 11.3 Å². The molecule has 35 heavy (non-hydrogen) atoms. The molecule has 1 aliphatic rings. The predicted molar refractivity (Wildman–Crippen MR) is 124 cm³/mol. The number of ether oxygens (including phenoxy) is 1. The van der Waals surface area contributed by atoms with Crippen LogP contribution in [0.4, 0.5) is 24.8 Å². The first kappa shape index (κ1) is 24.7. The lowest BCUT2D eigenvalue weighted by Gasteiger charge is -2.23. The number of fused-ring (bicyclic) bond motifs is 6. The maximum atomic E-state index is 13.8. The van der Waals surface area contributed by atoms with E-state index in [1.807, 2.05) is 0 Å². The van der Waals surface area contributed by atoms with Gasteiger partial charge in [-0.3, -0.25) is 4.72 Å². The first-order valence-electron chi connectivity index (χ1n) is 10.9. The van der Waals surface area contributed by atoms with Crippen LogP contribution in [-0.4, -0.2) is 49.8 Å². The zero-order valence-corrected chi connectivity index (χ0v) is 19.3. The number of aliphatic hydroxyl groups is 1. The molecule has 1 aromatic carbocycles. The summed E-state index contributed by atoms with van der Waals surface area (Å²) in [6, 6.07) is 12.3. The van der Waals surface area contributed by atoms with Gasteiger partial charge in [0.15, 0.2) is 5.03 Å². The number of nitrogens with zero attached hydrogens (tertiary/aromatic N) is 3. The number of nitrogens with one attached hydrogen (secondary N) is 1. The highest BCUT2D eigenvalue weighted by molar-refractivity contribution is 7.92. The number of halogens is 3. The topological polar surface area (TPSA) is 105 Å². The molecule has 3 aromatic rings. The van der Waals surface area contributed by atoms with Gasteiger partial charge in [-0.25, -0.2) is 9.97 Å². The Hall–Kier alpha value is -3.38. The van der Waals surface area contributed by atoms with Crippen molar-refractivity contribution in [1.29, 1.82) is 0 Å². The monoisotopic (exact) mass is 508 g/mol. The summed E-state index contributed by atoms with van der Waals surface area (Å²) in [6.07, 6.45) is -3.55. The average molecular weight is 509 g/mol. The van der Waals surface area contributed by atoms with E-state index in [-0.39, 0.29) is 41.9 Å². The van der Waals surface area contributed by atoms with E-state index in [9.17, 15) is 26.7 Å². The van der Waals surface area contributed by atoms with Gasteiger partial charge in [0.1, 0.15) is 17.4 Å². The molecule has 0 radical (unpaired) electrons. The van der Waals surface area contributed by atoms with Crippen molar-refractivity contribution >= 4 is 21.7 Å². The standard InChI is InChI=1S/C23H23F3N4O4S/c24-23(25,26)17-10-11-19-27-22(17)16-6-1-2-7-18(16)34-15-4-3-12-30(13-14-31)20-8-5-9-21(28-20)35(32,33)29-19/h1-2,5-11,31H,3-4,12-15H2,(H,27,29). The molecule has 0 unspecified atom stereocenters. The number of hydrogen-bond acceptors (Lipinski definition) is 7. The molecular formula is C23H23F3N4O4S. The summed E-state index contributed by atoms with van der Waals surface area (Å²) in [6.45, 7) is 0.801. The number of para-hydroxylation sites is 1. The minimum absolute atomic E-state index is 0.0926. The van der Waals surface area contributed by atoms with Crippen LogP contribution in [0.3, 0.4) is 0 Å². The fourth-order valence-electron chi connectivity index (χ4n) is 3.71. The van der Waals surface area contributed by atoms with Crippen molar-refractivity contribution in [2.24, 2.45) is 0 Å². The minimum atomic E-state index is -4.72. The lowest BCUT2D eigenvalue weighted by atomic mass is 10.0. The molecular weight excluding hydrogens is 485 g/mol. The van der Waals surface area contributed by atoms with Crippen molar-refractivity contribution < 1.29 is 31.4 Å². The van der Waals surface area contributed by atoms with E-state index in [1.54, 1.807) is 29.2 Å². The number of β-amino-alcohol motifs (C(OH)–C–C–N with tert-alkyl or cyclic N) is 1. The number of aromatic nitrogens is 2. The molecule has 0 fully saturated rings. The number of pyridine rings is 2. The summed E-state index contributed by atoms with van der Waals surface area (Å²) < 4.78 is 75.5. The van der Waals surface area contributed by atoms with Crippen LogP contribution in [0.1, 0.15) is 18.4 Å². The van der Waals surface area contributed by atoms with Crippen molar-refractivity contribution in [1.82, 2.24) is 9.97 Å². The van der Waals surface area contributed by atoms with Crippen LogP contribution >= 0.6 is 0 Å². The van der Waals surface area contributed by atoms with Gasteiger partial charge in [-0.05, 0) is 49.2 Å². The van der Waals surface area contributed by atoms with E-state index in [1.165, 1.54) is 18.2 Å². The fraction of sp³-hybridized carbons (Fsp3) is 0.304. The van der Waals surface area contributed by atoms with Gasteiger partial charge in [-0.1, -0.05) is 18.2 Å². The van der Waals surface area contributed by atoms with Gasteiger partial charge in [0.05, 0.1) is 24.5 Å². The third-order valence-electron chi connectivity index (χ3n) is 5.34. The van der Waals surface area contributed by atoms with Crippen molar-refractivity contribution in [3.8, 4) is 17.0 Å². The molecule has 0 amide bonds. The lowest BCUT2D eigenvalue weighted by molar-refractivity contribution is -0.137. The molecule has 2 aromatic heterocycles. The predicted octanol–water partition coefficient (Wildman–Crippen LogP) is 3.93. The second-order valence-electron chi connectivity index (χ2n) is 7.79. The number of sulfonamides is 1. The third-order valence-corrected chi connectivity index (χ3v) is 6.60. The van der Waals surface area contributed by atoms with Gasteiger partial charge < -0.3 is 14.7 Å². The summed E-state index contributed by atoms with van der Waals surface area (Å²) >= 11 is 0. The van der Waals surface area contributed by atoms with E-state index >= 15 is 0 Å². The Morgan fingerprint density at radius 3 is 2.60 bits per heavy atom. The summed E-state index contributed by atoms with van der Waals surface area (Å²) in [4.78, 5) is 10.00. The van der Waals surface area contributed by atoms with E-state index in [0.717, 1.165) is 12.1 Å². The summed E-state index contributed by atoms with van der Waals surface area (Å²) in [5.41, 5.74) is -1.37. The maximum Gasteiger partial charge on any atom is 0.418 e. The molecule has 0 atom stereocenters. The summed E-state index contributed by atoms with van der Waals surface area (Å²) in [5.74, 6) is 0.257. The highest BCUT2D eigenvalue weighted by Gasteiger charge is 2.36. The smallest absolute Gasteiger partial charge is 0.418 e. The van der Waals surface area contributed by atoms with E-state index < -0.39 is 27.5 Å². The zero-order chi connectivity index (χ0) is 25.1. The van der Waals surface area contributed by atoms with Gasteiger partial charge in [-0.15, -0.1) is 0 Å². The molecule has 1 aliphatic heterocycles. The Kier molecular flexibility index (Phi) is 7.13. The molecule has 0 saturated carbocycles. The number of hydrogen-bond donors (Lipinski definition) is 2. The molecule has 8 nitrogen and oxygen atoms in total. The van der Waals surface area contributed by atoms with Crippen LogP contribution in [0.2, 0.25) is 0 Å². The number of anilines is 2. The number of alkyl halides is 3. The van der Waals surface area contributed by atoms with Gasteiger partial charge in [0.2, 0.25) is 0 Å². The van der Waals surface area contributed by atoms with E-state index in [4.69, 9.17) is 4.74 Å². The van der Waals surface area contributed by atoms with E-state index in [0.29, 0.717) is 25.2 Å². The number of rotatable bonds is 2. The average Bonchev–Trinajstić information content (AvgIpc) is 2.82. The number of aliphatic hydroxyl groups excluding tert-OH is 1. The molecule has 186 valence electrons. The zero-order valence-electron chi connectivity index (χ0n) is 18.5. The first-order chi connectivity index (χ1) is 16.7. The fourth-order valence-corrected chi connectivity index (χ4v) is 4.67. The Morgan fingerprint density at radius 1 is 1.03 bits per heavy atom. The molecule has 0 saturated heterocycles. The quantitative estimate of drug-likeness (QED) is 0.540. The number of benzene rings is 1. The maximum absolute atomic E-state index is 13.8. The summed E-state index contributed by atoms with van der Waals surface area (Å²) in [5, 5.41) is 9.12. The summed E-state index contributed by atoms with van der Waals surface area (Å²) in [7, 11) is -4.27. The Labute approximate surface area is 200 Å². The van der Waals surface area contributed by atoms with Crippen molar-refractivity contribution in [2.75, 3.05) is 35.9 Å². The normalized spacial score (nSPS) is 16.1. The SMILES string of the molecule is O=S1(=O)Nc2ccc(C(F)(F)F)c(n2)-c2ccccc2OCCCCN(CCO)c2cccc1n2. The minimum Gasteiger partial charge on any atom is -0.493 e. The Bertz CT molecular complexity index is 1300. The van der Waals surface area contributed by atoms with Crippen LogP contribution in [0.5, 0.6) is 5.75 Å². The molecule has 4 rings (SSSR count). The second kappa shape index (κ2) is 10.1. The van der Waals surface area contributed by atoms with Crippen molar-refractivity contribution in [3.63, 3.8) is 0 Å². The largest absolute Gasteiger partial charge is 0.493 e. The highest BCUT2D eigenvalue weighted by atomic mass is 32.2. The first-order valence-corrected chi connectivity index (χ1v) is 12.3. The molecule has 2 N–H and O–H groups in total. The Balaban J connectivity index is 1.85. The highest BCUT2D eigenvalue weighted by Crippen LogP contribution is 2.40. The van der Waals surface area contributed by atoms with Gasteiger partial charge in [-0.2, -0.15) is 21.6 Å². The van der Waals surface area contributed by atoms with Crippen LogP contribution in [0.15, 0.2) is 59.6 Å². The third kappa shape index (κ3) is 5.65. The van der Waals surface area contributed by atoms with Crippen LogP contribution < -0.4 is 14.4 Å². The van der Waals surface area contributed by atoms with Crippen molar-refractivity contribution in [2.45, 2.75) is 24.0 Å². The van der Waals surface area contributed by atoms with Gasteiger partial charge >= 0.3 is 6.18 Å². The molecule has 12 heteroatoms. The van der Waals surface area contributed by atoms with Gasteiger partial charge in [0.25, 0.3) is 10.0 Å².